The second kappa shape index (κ2) is 11.9. The van der Waals surface area contributed by atoms with Gasteiger partial charge in [0, 0.05) is 16.8 Å². The number of nitro benzene ring substituents is 1. The number of sulfonamides is 2. The van der Waals surface area contributed by atoms with Gasteiger partial charge < -0.3 is 0 Å². The molecule has 4 aromatic rings. The molecule has 0 spiro atoms. The lowest BCUT2D eigenvalue weighted by Crippen LogP contribution is -2.18. The highest BCUT2D eigenvalue weighted by Crippen LogP contribution is 2.40. The Morgan fingerprint density at radius 3 is 1.73 bits per heavy atom. The van der Waals surface area contributed by atoms with Gasteiger partial charge in [-0.3, -0.25) is 19.6 Å². The normalized spacial score (nSPS) is 11.7. The van der Waals surface area contributed by atoms with E-state index in [0.29, 0.717) is 5.02 Å². The minimum atomic E-state index is -4.23. The monoisotopic (exact) mass is 617 g/mol. The number of nitrogens with one attached hydrogen (secondary N) is 2. The lowest BCUT2D eigenvalue weighted by atomic mass is 10.2. The Morgan fingerprint density at radius 1 is 0.775 bits per heavy atom. The van der Waals surface area contributed by atoms with Crippen LogP contribution < -0.4 is 9.44 Å². The summed E-state index contributed by atoms with van der Waals surface area (Å²) >= 11 is 7.31. The molecule has 0 atom stereocenters. The van der Waals surface area contributed by atoms with Crippen LogP contribution in [0.15, 0.2) is 99.6 Å². The smallest absolute Gasteiger partial charge is 0.277 e. The van der Waals surface area contributed by atoms with Crippen molar-refractivity contribution in [3.05, 3.63) is 117 Å². The Labute approximate surface area is 241 Å². The molecule has 0 aliphatic heterocycles. The zero-order chi connectivity index (χ0) is 29.1. The van der Waals surface area contributed by atoms with Crippen molar-refractivity contribution in [3.8, 4) is 0 Å². The summed E-state index contributed by atoms with van der Waals surface area (Å²) in [5.41, 5.74) is 1.51. The van der Waals surface area contributed by atoms with Crippen molar-refractivity contribution in [1.82, 2.24) is 0 Å². The number of aryl methyl sites for hydroxylation is 2. The third-order valence-electron chi connectivity index (χ3n) is 5.79. The Hall–Kier alpha value is -3.58. The Morgan fingerprint density at radius 2 is 1.25 bits per heavy atom. The molecule has 0 radical (unpaired) electrons. The van der Waals surface area contributed by atoms with E-state index in [9.17, 15) is 26.9 Å². The van der Waals surface area contributed by atoms with Crippen LogP contribution in [-0.2, 0) is 25.8 Å². The summed E-state index contributed by atoms with van der Waals surface area (Å²) in [5, 5.41) is 12.5. The zero-order valence-corrected chi connectivity index (χ0v) is 24.5. The first-order chi connectivity index (χ1) is 18.9. The van der Waals surface area contributed by atoms with Crippen LogP contribution in [0.4, 0.5) is 17.1 Å². The largest absolute Gasteiger partial charge is 0.285 e. The van der Waals surface area contributed by atoms with Gasteiger partial charge in [0.15, 0.2) is 0 Å². The van der Waals surface area contributed by atoms with Crippen LogP contribution >= 0.6 is 23.4 Å². The maximum atomic E-state index is 13.2. The standard InChI is InChI=1S/C27H24ClN3O6S3/c1-18-7-11-21(12-8-18)39(34,35)29-24-15-26(31(32)33)27(38-17-20-5-3-4-6-23(20)28)16-25(24)30-40(36,37)22-13-9-19(2)10-14-22/h3-16,29-30H,17H2,1-2H3. The first-order valence-electron chi connectivity index (χ1n) is 11.7. The van der Waals surface area contributed by atoms with E-state index in [1.807, 2.05) is 0 Å². The van der Waals surface area contributed by atoms with Crippen LogP contribution in [-0.4, -0.2) is 21.8 Å². The number of benzene rings is 4. The minimum absolute atomic E-state index is 0.0611. The summed E-state index contributed by atoms with van der Waals surface area (Å²) in [7, 11) is -8.41. The van der Waals surface area contributed by atoms with Gasteiger partial charge in [-0.05, 0) is 55.8 Å². The first-order valence-corrected chi connectivity index (χ1v) is 16.1. The Balaban J connectivity index is 1.80. The molecule has 9 nitrogen and oxygen atoms in total. The van der Waals surface area contributed by atoms with E-state index in [-0.39, 0.29) is 31.8 Å². The second-order valence-electron chi connectivity index (χ2n) is 8.84. The molecule has 0 bridgehead atoms. The van der Waals surface area contributed by atoms with Crippen LogP contribution in [0.25, 0.3) is 0 Å². The highest BCUT2D eigenvalue weighted by Gasteiger charge is 2.25. The lowest BCUT2D eigenvalue weighted by molar-refractivity contribution is -0.387. The molecule has 0 aromatic heterocycles. The van der Waals surface area contributed by atoms with Crippen molar-refractivity contribution in [1.29, 1.82) is 0 Å². The summed E-state index contributed by atoms with van der Waals surface area (Å²) in [6.45, 7) is 3.60. The number of nitro groups is 1. The van der Waals surface area contributed by atoms with E-state index >= 15 is 0 Å². The van der Waals surface area contributed by atoms with E-state index in [1.54, 1.807) is 62.4 Å². The number of rotatable bonds is 10. The van der Waals surface area contributed by atoms with Gasteiger partial charge >= 0.3 is 0 Å². The molecule has 40 heavy (non-hydrogen) atoms. The lowest BCUT2D eigenvalue weighted by Gasteiger charge is -2.17. The van der Waals surface area contributed by atoms with E-state index in [4.69, 9.17) is 11.6 Å². The summed E-state index contributed by atoms with van der Waals surface area (Å²) in [5.74, 6) is 0.249. The molecule has 0 fully saturated rings. The van der Waals surface area contributed by atoms with Gasteiger partial charge in [-0.1, -0.05) is 65.2 Å². The van der Waals surface area contributed by atoms with Crippen LogP contribution in [0, 0.1) is 24.0 Å². The van der Waals surface area contributed by atoms with E-state index in [0.717, 1.165) is 34.5 Å². The number of hydrogen-bond donors (Lipinski definition) is 2. The summed E-state index contributed by atoms with van der Waals surface area (Å²) in [6.07, 6.45) is 0. The van der Waals surface area contributed by atoms with Gasteiger partial charge in [0.05, 0.1) is 31.0 Å². The number of halogens is 1. The number of thioether (sulfide) groups is 1. The fraction of sp³-hybridized carbons (Fsp3) is 0.111. The van der Waals surface area contributed by atoms with Crippen molar-refractivity contribution in [2.45, 2.75) is 34.3 Å². The Bertz CT molecular complexity index is 1780. The van der Waals surface area contributed by atoms with Crippen LogP contribution in [0.1, 0.15) is 16.7 Å². The molecule has 0 amide bonds. The van der Waals surface area contributed by atoms with E-state index in [1.165, 1.54) is 30.3 Å². The maximum absolute atomic E-state index is 13.2. The predicted molar refractivity (Wildman–Crippen MR) is 158 cm³/mol. The molecule has 13 heteroatoms. The van der Waals surface area contributed by atoms with Crippen molar-refractivity contribution in [3.63, 3.8) is 0 Å². The average Bonchev–Trinajstić information content (AvgIpc) is 2.89. The van der Waals surface area contributed by atoms with Gasteiger partial charge in [0.1, 0.15) is 0 Å². The number of anilines is 2. The predicted octanol–water partition coefficient (Wildman–Crippen LogP) is 6.76. The molecule has 0 aliphatic carbocycles. The Kier molecular flexibility index (Phi) is 8.74. The second-order valence-corrected chi connectivity index (χ2v) is 13.6. The SMILES string of the molecule is Cc1ccc(S(=O)(=O)Nc2cc(SCc3ccccc3Cl)c([N+](=O)[O-])cc2NS(=O)(=O)c2ccc(C)cc2)cc1. The van der Waals surface area contributed by atoms with Gasteiger partial charge in [0.2, 0.25) is 0 Å². The fourth-order valence-corrected chi connectivity index (χ4v) is 7.08. The maximum Gasteiger partial charge on any atom is 0.285 e. The molecule has 4 rings (SSSR count). The summed E-state index contributed by atoms with van der Waals surface area (Å²) < 4.78 is 57.6. The van der Waals surface area contributed by atoms with Gasteiger partial charge in [0.25, 0.3) is 25.7 Å². The molecule has 0 unspecified atom stereocenters. The van der Waals surface area contributed by atoms with Crippen molar-refractivity contribution >= 4 is 60.5 Å². The molecular weight excluding hydrogens is 594 g/mol. The highest BCUT2D eigenvalue weighted by atomic mass is 35.5. The topological polar surface area (TPSA) is 135 Å². The van der Waals surface area contributed by atoms with E-state index in [2.05, 4.69) is 9.44 Å². The van der Waals surface area contributed by atoms with Crippen LogP contribution in [0.2, 0.25) is 5.02 Å². The van der Waals surface area contributed by atoms with Gasteiger partial charge in [-0.15, -0.1) is 11.8 Å². The van der Waals surface area contributed by atoms with Gasteiger partial charge in [-0.2, -0.15) is 0 Å². The molecular formula is C27H24ClN3O6S3. The molecule has 0 heterocycles. The highest BCUT2D eigenvalue weighted by molar-refractivity contribution is 7.98. The van der Waals surface area contributed by atoms with Crippen LogP contribution in [0.3, 0.4) is 0 Å². The van der Waals surface area contributed by atoms with Crippen molar-refractivity contribution in [2.24, 2.45) is 0 Å². The molecule has 208 valence electrons. The first kappa shape index (κ1) is 29.4. The molecule has 0 saturated carbocycles. The molecule has 0 saturated heterocycles. The van der Waals surface area contributed by atoms with Crippen molar-refractivity contribution < 1.29 is 21.8 Å². The van der Waals surface area contributed by atoms with Crippen LogP contribution in [0.5, 0.6) is 0 Å². The summed E-state index contributed by atoms with van der Waals surface area (Å²) in [6, 6.07) is 21.3. The van der Waals surface area contributed by atoms with Crippen molar-refractivity contribution in [2.75, 3.05) is 9.44 Å². The van der Waals surface area contributed by atoms with Gasteiger partial charge in [-0.25, -0.2) is 16.8 Å². The average molecular weight is 618 g/mol. The summed E-state index contributed by atoms with van der Waals surface area (Å²) in [4.78, 5) is 11.3. The van der Waals surface area contributed by atoms with E-state index < -0.39 is 30.7 Å². The third kappa shape index (κ3) is 6.94. The number of nitrogens with zero attached hydrogens (tertiary/aromatic N) is 1. The quantitative estimate of drug-likeness (QED) is 0.114. The number of hydrogen-bond acceptors (Lipinski definition) is 7. The minimum Gasteiger partial charge on any atom is -0.277 e. The fourth-order valence-electron chi connectivity index (χ4n) is 3.61. The molecule has 2 N–H and O–H groups in total. The third-order valence-corrected chi connectivity index (χ3v) is 10.0. The molecule has 0 aliphatic rings. The zero-order valence-electron chi connectivity index (χ0n) is 21.3. The molecule has 4 aromatic carbocycles.